The molecule has 8 nitrogen and oxygen atoms in total. The van der Waals surface area contributed by atoms with E-state index in [0.29, 0.717) is 6.61 Å². The molecule has 0 spiro atoms. The summed E-state index contributed by atoms with van der Waals surface area (Å²) in [6.45, 7) is 4.76. The highest BCUT2D eigenvalue weighted by Crippen LogP contribution is 2.27. The van der Waals surface area contributed by atoms with E-state index in [1.54, 1.807) is 18.0 Å². The van der Waals surface area contributed by atoms with E-state index in [0.717, 1.165) is 39.4 Å². The molecule has 8 heteroatoms. The quantitative estimate of drug-likeness (QED) is 0.492. The number of nitrogens with zero attached hydrogens (tertiary/aromatic N) is 4. The van der Waals surface area contributed by atoms with Crippen LogP contribution in [0.5, 0.6) is 0 Å². The Morgan fingerprint density at radius 3 is 2.70 bits per heavy atom. The lowest BCUT2D eigenvalue weighted by atomic mass is 9.85. The number of hydrogen-bond donors (Lipinski definition) is 3. The summed E-state index contributed by atoms with van der Waals surface area (Å²) in [5.41, 5.74) is 10.3. The van der Waals surface area contributed by atoms with Gasteiger partial charge in [0.15, 0.2) is 0 Å². The molecule has 3 rings (SSSR count). The van der Waals surface area contributed by atoms with Gasteiger partial charge in [0, 0.05) is 49.2 Å². The van der Waals surface area contributed by atoms with Crippen LogP contribution >= 0.6 is 0 Å². The number of nitrogens with two attached hydrogens (primary N) is 2. The Labute approximate surface area is 176 Å². The van der Waals surface area contributed by atoms with Crippen molar-refractivity contribution in [2.75, 3.05) is 26.1 Å². The van der Waals surface area contributed by atoms with Gasteiger partial charge in [-0.1, -0.05) is 13.8 Å². The van der Waals surface area contributed by atoms with E-state index >= 15 is 0 Å². The zero-order chi connectivity index (χ0) is 21.7. The molecule has 0 bridgehead atoms. The molecule has 5 N–H and O–H groups in total. The van der Waals surface area contributed by atoms with Crippen molar-refractivity contribution < 1.29 is 10.1 Å². The molecule has 0 aliphatic rings. The lowest BCUT2D eigenvalue weighted by Crippen LogP contribution is -2.79. The highest BCUT2D eigenvalue weighted by molar-refractivity contribution is 5.81. The topological polar surface area (TPSA) is 107 Å². The molecule has 0 radical (unpaired) electrons. The first-order chi connectivity index (χ1) is 14.4. The first kappa shape index (κ1) is 21.5. The lowest BCUT2D eigenvalue weighted by molar-refractivity contribution is -0.574. The SMILES string of the molecule is C[NH2+]C(=CC(=CN)C(C)(C)COC)Nc1ccc2ncc(-c3cnn(C)c3)cc2n1. The maximum absolute atomic E-state index is 5.90. The number of ether oxygens (including phenoxy) is 1. The van der Waals surface area contributed by atoms with Gasteiger partial charge >= 0.3 is 0 Å². The lowest BCUT2D eigenvalue weighted by Gasteiger charge is -2.25. The van der Waals surface area contributed by atoms with Crippen LogP contribution in [0.4, 0.5) is 5.82 Å². The van der Waals surface area contributed by atoms with E-state index in [9.17, 15) is 0 Å². The number of fused-ring (bicyclic) bond motifs is 1. The third-order valence-corrected chi connectivity index (χ3v) is 4.94. The van der Waals surface area contributed by atoms with Crippen LogP contribution in [-0.4, -0.2) is 40.5 Å². The van der Waals surface area contributed by atoms with E-state index in [-0.39, 0.29) is 5.41 Å². The van der Waals surface area contributed by atoms with E-state index in [4.69, 9.17) is 15.5 Å². The maximum atomic E-state index is 5.90. The highest BCUT2D eigenvalue weighted by Gasteiger charge is 2.23. The van der Waals surface area contributed by atoms with Gasteiger partial charge in [-0.3, -0.25) is 15.0 Å². The highest BCUT2D eigenvalue weighted by atomic mass is 16.5. The fourth-order valence-corrected chi connectivity index (χ4v) is 3.22. The second-order valence-electron chi connectivity index (χ2n) is 7.81. The Kier molecular flexibility index (Phi) is 6.49. The number of allylic oxidation sites excluding steroid dienone is 1. The zero-order valence-electron chi connectivity index (χ0n) is 18.2. The molecule has 158 valence electrons. The van der Waals surface area contributed by atoms with E-state index in [2.05, 4.69) is 29.2 Å². The van der Waals surface area contributed by atoms with Gasteiger partial charge in [-0.2, -0.15) is 5.10 Å². The molecule has 3 heterocycles. The van der Waals surface area contributed by atoms with Crippen molar-refractivity contribution in [2.45, 2.75) is 13.8 Å². The van der Waals surface area contributed by atoms with Crippen LogP contribution < -0.4 is 16.4 Å². The van der Waals surface area contributed by atoms with Crippen molar-refractivity contribution in [1.29, 1.82) is 0 Å². The smallest absolute Gasteiger partial charge is 0.203 e. The number of nitrogens with one attached hydrogen (secondary N) is 1. The number of quaternary nitrogens is 1. The Bertz CT molecular complexity index is 1080. The van der Waals surface area contributed by atoms with Gasteiger partial charge in [-0.15, -0.1) is 0 Å². The van der Waals surface area contributed by atoms with Gasteiger partial charge in [-0.05, 0) is 30.0 Å². The maximum Gasteiger partial charge on any atom is 0.203 e. The Hall–Kier alpha value is -3.23. The predicted molar refractivity (Wildman–Crippen MR) is 119 cm³/mol. The summed E-state index contributed by atoms with van der Waals surface area (Å²) in [5.74, 6) is 1.64. The Morgan fingerprint density at radius 2 is 2.07 bits per heavy atom. The summed E-state index contributed by atoms with van der Waals surface area (Å²) < 4.78 is 7.11. The normalized spacial score (nSPS) is 13.1. The molecule has 0 aliphatic heterocycles. The minimum absolute atomic E-state index is 0.210. The molecular weight excluding hydrogens is 378 g/mol. The number of hydrogen-bond acceptors (Lipinski definition) is 6. The minimum Gasteiger partial charge on any atom is -0.404 e. The summed E-state index contributed by atoms with van der Waals surface area (Å²) in [6.07, 6.45) is 9.27. The van der Waals surface area contributed by atoms with Gasteiger partial charge in [0.25, 0.3) is 0 Å². The second kappa shape index (κ2) is 9.06. The Balaban J connectivity index is 1.89. The molecule has 0 saturated heterocycles. The van der Waals surface area contributed by atoms with Gasteiger partial charge in [-0.25, -0.2) is 4.98 Å². The van der Waals surface area contributed by atoms with Gasteiger partial charge in [0.1, 0.15) is 5.82 Å². The van der Waals surface area contributed by atoms with Gasteiger partial charge in [0.2, 0.25) is 5.82 Å². The van der Waals surface area contributed by atoms with E-state index in [1.807, 2.05) is 62.3 Å². The summed E-state index contributed by atoms with van der Waals surface area (Å²) in [7, 11) is 5.56. The van der Waals surface area contributed by atoms with Crippen molar-refractivity contribution in [2.24, 2.45) is 18.2 Å². The standard InChI is InChI=1S/C22H29N7O/c1-22(2,14-30-5)17(10-23)9-21(24-3)28-20-7-6-18-19(27-20)8-15(11-25-18)16-12-26-29(4)13-16/h6-13,24H,14,23H2,1-5H3,(H,27,28)/p+1. The van der Waals surface area contributed by atoms with Crippen molar-refractivity contribution in [3.8, 4) is 11.1 Å². The van der Waals surface area contributed by atoms with Crippen molar-refractivity contribution >= 4 is 16.9 Å². The molecule has 0 unspecified atom stereocenters. The average Bonchev–Trinajstić information content (AvgIpc) is 3.16. The summed E-state index contributed by atoms with van der Waals surface area (Å²) in [5, 5.41) is 9.59. The fourth-order valence-electron chi connectivity index (χ4n) is 3.22. The molecule has 0 aromatic carbocycles. The molecule has 0 aliphatic carbocycles. The second-order valence-corrected chi connectivity index (χ2v) is 7.81. The van der Waals surface area contributed by atoms with Crippen molar-refractivity contribution in [1.82, 2.24) is 19.7 Å². The third kappa shape index (κ3) is 4.84. The first-order valence-electron chi connectivity index (χ1n) is 9.81. The van der Waals surface area contributed by atoms with Crippen LogP contribution in [0.3, 0.4) is 0 Å². The number of methoxy groups -OCH3 is 1. The van der Waals surface area contributed by atoms with Crippen LogP contribution in [0.15, 0.2) is 60.5 Å². The molecule has 0 amide bonds. The monoisotopic (exact) mass is 408 g/mol. The first-order valence-corrected chi connectivity index (χ1v) is 9.81. The number of pyridine rings is 2. The molecule has 0 atom stereocenters. The number of rotatable bonds is 8. The molecule has 0 saturated carbocycles. The average molecular weight is 409 g/mol. The summed E-state index contributed by atoms with van der Waals surface area (Å²) in [4.78, 5) is 9.28. The van der Waals surface area contributed by atoms with Gasteiger partial charge < -0.3 is 15.8 Å². The summed E-state index contributed by atoms with van der Waals surface area (Å²) in [6, 6.07) is 5.90. The molecule has 30 heavy (non-hydrogen) atoms. The van der Waals surface area contributed by atoms with Crippen LogP contribution in [0.2, 0.25) is 0 Å². The largest absolute Gasteiger partial charge is 0.404 e. The minimum atomic E-state index is -0.210. The van der Waals surface area contributed by atoms with E-state index < -0.39 is 0 Å². The molecular formula is C22H30N7O+. The zero-order valence-corrected chi connectivity index (χ0v) is 18.2. The fraction of sp³-hybridized carbons (Fsp3) is 0.318. The predicted octanol–water partition coefficient (Wildman–Crippen LogP) is 1.99. The molecule has 3 aromatic heterocycles. The molecule has 0 fully saturated rings. The van der Waals surface area contributed by atoms with Crippen molar-refractivity contribution in [3.63, 3.8) is 0 Å². The number of aromatic nitrogens is 4. The summed E-state index contributed by atoms with van der Waals surface area (Å²) >= 11 is 0. The van der Waals surface area contributed by atoms with Crippen LogP contribution in [-0.2, 0) is 11.8 Å². The van der Waals surface area contributed by atoms with Crippen molar-refractivity contribution in [3.05, 3.63) is 60.5 Å². The Morgan fingerprint density at radius 1 is 1.27 bits per heavy atom. The van der Waals surface area contributed by atoms with Crippen LogP contribution in [0.25, 0.3) is 22.2 Å². The third-order valence-electron chi connectivity index (χ3n) is 4.94. The molecule has 3 aromatic rings. The number of aryl methyl sites for hydroxylation is 1. The number of anilines is 1. The van der Waals surface area contributed by atoms with Gasteiger partial charge in [0.05, 0.1) is 30.9 Å². The van der Waals surface area contributed by atoms with Crippen LogP contribution in [0, 0.1) is 5.41 Å². The van der Waals surface area contributed by atoms with E-state index in [1.165, 1.54) is 0 Å². The van der Waals surface area contributed by atoms with Crippen LogP contribution in [0.1, 0.15) is 13.8 Å².